The summed E-state index contributed by atoms with van der Waals surface area (Å²) < 4.78 is 33.5. The predicted molar refractivity (Wildman–Crippen MR) is 123 cm³/mol. The van der Waals surface area contributed by atoms with Gasteiger partial charge < -0.3 is 15.4 Å². The van der Waals surface area contributed by atoms with E-state index in [2.05, 4.69) is 14.7 Å². The third-order valence-corrected chi connectivity index (χ3v) is 8.19. The van der Waals surface area contributed by atoms with Gasteiger partial charge in [-0.15, -0.1) is 11.3 Å². The van der Waals surface area contributed by atoms with E-state index in [9.17, 15) is 13.2 Å². The topological polar surface area (TPSA) is 151 Å². The van der Waals surface area contributed by atoms with Crippen molar-refractivity contribution in [2.24, 2.45) is 5.73 Å². The van der Waals surface area contributed by atoms with Gasteiger partial charge >= 0.3 is 6.01 Å². The number of ether oxygens (including phenoxy) is 1. The monoisotopic (exact) mass is 486 g/mol. The fraction of sp³-hybridized carbons (Fsp3) is 0.238. The molecule has 1 atom stereocenters. The number of sulfonamides is 1. The number of likely N-dealkylation sites (tertiary alicyclic amines) is 1. The van der Waals surface area contributed by atoms with Crippen molar-refractivity contribution in [2.75, 3.05) is 13.7 Å². The number of nitrogens with two attached hydrogens (primary N) is 1. The highest BCUT2D eigenvalue weighted by molar-refractivity contribution is 7.91. The van der Waals surface area contributed by atoms with Crippen molar-refractivity contribution in [3.05, 3.63) is 59.8 Å². The molecule has 0 bridgehead atoms. The first-order chi connectivity index (χ1) is 15.8. The molecule has 4 rings (SSSR count). The normalized spacial score (nSPS) is 16.2. The third kappa shape index (κ3) is 5.02. The molecular formula is C21H22N6O4S2. The van der Waals surface area contributed by atoms with Crippen LogP contribution in [0.1, 0.15) is 17.5 Å². The molecule has 1 saturated heterocycles. The van der Waals surface area contributed by atoms with E-state index >= 15 is 0 Å². The SMILES string of the molecule is COc1nccc(-c2ccc(S(=O)(=O)NC3CCN(Cc4cccc(C(=N)N)c4)C3=O)s2)n1. The Morgan fingerprint density at radius 1 is 1.33 bits per heavy atom. The van der Waals surface area contributed by atoms with Crippen LogP contribution in [-0.2, 0) is 21.4 Å². The molecule has 1 amide bonds. The van der Waals surface area contributed by atoms with Gasteiger partial charge in [0, 0.05) is 24.8 Å². The van der Waals surface area contributed by atoms with E-state index in [1.807, 2.05) is 6.07 Å². The molecule has 172 valence electrons. The van der Waals surface area contributed by atoms with Crippen molar-refractivity contribution in [2.45, 2.75) is 23.2 Å². The Morgan fingerprint density at radius 3 is 2.91 bits per heavy atom. The summed E-state index contributed by atoms with van der Waals surface area (Å²) in [6.07, 6.45) is 1.90. The van der Waals surface area contributed by atoms with Crippen molar-refractivity contribution in [1.82, 2.24) is 19.6 Å². The van der Waals surface area contributed by atoms with Crippen LogP contribution in [0, 0.1) is 5.41 Å². The Bertz CT molecular complexity index is 1310. The summed E-state index contributed by atoms with van der Waals surface area (Å²) in [6.45, 7) is 0.740. The quantitative estimate of drug-likeness (QED) is 0.323. The number of hydrogen-bond donors (Lipinski definition) is 3. The molecule has 12 heteroatoms. The average Bonchev–Trinajstić information content (AvgIpc) is 3.43. The molecule has 1 aliphatic rings. The molecule has 3 heterocycles. The molecule has 1 aliphatic heterocycles. The highest BCUT2D eigenvalue weighted by Crippen LogP contribution is 2.30. The summed E-state index contributed by atoms with van der Waals surface area (Å²) >= 11 is 1.05. The van der Waals surface area contributed by atoms with E-state index < -0.39 is 16.1 Å². The number of amides is 1. The standard InChI is InChI=1S/C21H22N6O4S2/c1-31-21-24-9-7-15(25-21)17-5-6-18(32-17)33(29,30)26-16-8-10-27(20(16)28)12-13-3-2-4-14(11-13)19(22)23/h2-7,9,11,16,26H,8,10,12H2,1H3,(H3,22,23). The lowest BCUT2D eigenvalue weighted by Gasteiger charge is -2.17. The summed E-state index contributed by atoms with van der Waals surface area (Å²) in [6, 6.07) is 11.2. The Labute approximate surface area is 195 Å². The van der Waals surface area contributed by atoms with Crippen LogP contribution in [0.3, 0.4) is 0 Å². The third-order valence-electron chi connectivity index (χ3n) is 5.12. The van der Waals surface area contributed by atoms with Gasteiger partial charge in [-0.3, -0.25) is 10.2 Å². The van der Waals surface area contributed by atoms with Crippen LogP contribution in [0.15, 0.2) is 52.9 Å². The summed E-state index contributed by atoms with van der Waals surface area (Å²) in [5, 5.41) is 7.55. The molecule has 3 aromatic rings. The van der Waals surface area contributed by atoms with Gasteiger partial charge in [-0.1, -0.05) is 18.2 Å². The second-order valence-electron chi connectivity index (χ2n) is 7.38. The number of benzene rings is 1. The zero-order chi connectivity index (χ0) is 23.6. The number of nitrogens with zero attached hydrogens (tertiary/aromatic N) is 3. The molecule has 10 nitrogen and oxygen atoms in total. The Morgan fingerprint density at radius 2 is 2.15 bits per heavy atom. The van der Waals surface area contributed by atoms with E-state index in [0.29, 0.717) is 35.6 Å². The highest BCUT2D eigenvalue weighted by atomic mass is 32.2. The van der Waals surface area contributed by atoms with Gasteiger partial charge in [-0.05, 0) is 36.2 Å². The van der Waals surface area contributed by atoms with Crippen LogP contribution in [0.5, 0.6) is 6.01 Å². The molecule has 0 aliphatic carbocycles. The lowest BCUT2D eigenvalue weighted by Crippen LogP contribution is -2.41. The first kappa shape index (κ1) is 22.8. The molecule has 0 radical (unpaired) electrons. The minimum atomic E-state index is -3.89. The maximum absolute atomic E-state index is 12.9. The summed E-state index contributed by atoms with van der Waals surface area (Å²) in [7, 11) is -2.44. The summed E-state index contributed by atoms with van der Waals surface area (Å²) in [5.74, 6) is -0.338. The number of carbonyl (C=O) groups excluding carboxylic acids is 1. The first-order valence-electron chi connectivity index (χ1n) is 9.98. The number of rotatable bonds is 8. The van der Waals surface area contributed by atoms with Crippen LogP contribution in [-0.4, -0.2) is 54.7 Å². The number of thiophene rings is 1. The average molecular weight is 487 g/mol. The second kappa shape index (κ2) is 9.25. The highest BCUT2D eigenvalue weighted by Gasteiger charge is 2.35. The molecule has 4 N–H and O–H groups in total. The van der Waals surface area contributed by atoms with Crippen LogP contribution in [0.25, 0.3) is 10.6 Å². The first-order valence-corrected chi connectivity index (χ1v) is 12.3. The smallest absolute Gasteiger partial charge is 0.316 e. The summed E-state index contributed by atoms with van der Waals surface area (Å²) in [5.41, 5.74) is 7.47. The lowest BCUT2D eigenvalue weighted by atomic mass is 10.1. The molecule has 0 spiro atoms. The Hall–Kier alpha value is -3.35. The zero-order valence-corrected chi connectivity index (χ0v) is 19.3. The van der Waals surface area contributed by atoms with Crippen molar-refractivity contribution in [3.63, 3.8) is 0 Å². The van der Waals surface area contributed by atoms with Crippen molar-refractivity contribution >= 4 is 33.1 Å². The van der Waals surface area contributed by atoms with E-state index in [1.54, 1.807) is 35.2 Å². The van der Waals surface area contributed by atoms with Gasteiger partial charge in [0.05, 0.1) is 17.7 Å². The second-order valence-corrected chi connectivity index (χ2v) is 10.4. The number of methoxy groups -OCH3 is 1. The number of nitrogen functional groups attached to an aromatic ring is 1. The minimum absolute atomic E-state index is 0.0500. The van der Waals surface area contributed by atoms with Gasteiger partial charge in [0.1, 0.15) is 16.1 Å². The van der Waals surface area contributed by atoms with Gasteiger partial charge in [0.25, 0.3) is 10.0 Å². The molecule has 1 fully saturated rings. The van der Waals surface area contributed by atoms with Gasteiger partial charge in [-0.25, -0.2) is 13.4 Å². The van der Waals surface area contributed by atoms with Crippen molar-refractivity contribution in [1.29, 1.82) is 5.41 Å². The van der Waals surface area contributed by atoms with Crippen LogP contribution in [0.2, 0.25) is 0 Å². The van der Waals surface area contributed by atoms with Crippen LogP contribution >= 0.6 is 11.3 Å². The number of aromatic nitrogens is 2. The number of carbonyl (C=O) groups is 1. The van der Waals surface area contributed by atoms with Crippen molar-refractivity contribution in [3.8, 4) is 16.6 Å². The van der Waals surface area contributed by atoms with Gasteiger partial charge in [-0.2, -0.15) is 9.71 Å². The fourth-order valence-corrected chi connectivity index (χ4v) is 6.00. The van der Waals surface area contributed by atoms with Gasteiger partial charge in [0.2, 0.25) is 5.91 Å². The molecule has 2 aromatic heterocycles. The maximum atomic E-state index is 12.9. The largest absolute Gasteiger partial charge is 0.467 e. The van der Waals surface area contributed by atoms with E-state index in [0.717, 1.165) is 16.9 Å². The van der Waals surface area contributed by atoms with E-state index in [1.165, 1.54) is 19.4 Å². The molecule has 33 heavy (non-hydrogen) atoms. The number of nitrogens with one attached hydrogen (secondary N) is 2. The Balaban J connectivity index is 1.44. The molecule has 1 aromatic carbocycles. The molecule has 0 saturated carbocycles. The predicted octanol–water partition coefficient (Wildman–Crippen LogP) is 1.58. The molecular weight excluding hydrogens is 464 g/mol. The van der Waals surface area contributed by atoms with Crippen molar-refractivity contribution < 1.29 is 17.9 Å². The van der Waals surface area contributed by atoms with Gasteiger partial charge in [0.15, 0.2) is 0 Å². The molecule has 1 unspecified atom stereocenters. The summed E-state index contributed by atoms with van der Waals surface area (Å²) in [4.78, 5) is 23.2. The number of hydrogen-bond acceptors (Lipinski definition) is 8. The van der Waals surface area contributed by atoms with E-state index in [-0.39, 0.29) is 22.0 Å². The Kier molecular flexibility index (Phi) is 6.40. The maximum Gasteiger partial charge on any atom is 0.316 e. The fourth-order valence-electron chi connectivity index (χ4n) is 3.49. The van der Waals surface area contributed by atoms with Crippen LogP contribution < -0.4 is 15.2 Å². The lowest BCUT2D eigenvalue weighted by molar-refractivity contribution is -0.129. The minimum Gasteiger partial charge on any atom is -0.467 e. The number of amidine groups is 1. The van der Waals surface area contributed by atoms with E-state index in [4.69, 9.17) is 15.9 Å². The zero-order valence-electron chi connectivity index (χ0n) is 17.7. The van der Waals surface area contributed by atoms with Crippen LogP contribution in [0.4, 0.5) is 0 Å².